The minimum atomic E-state index is -0.409. The molecule has 0 aliphatic heterocycles. The quantitative estimate of drug-likeness (QED) is 0.857. The Balaban J connectivity index is 1.97. The first-order valence-electron chi connectivity index (χ1n) is 7.09. The number of aryl methyl sites for hydroxylation is 2. The number of amides is 1. The molecule has 22 heavy (non-hydrogen) atoms. The molecule has 0 saturated carbocycles. The van der Waals surface area contributed by atoms with Gasteiger partial charge in [-0.05, 0) is 43.0 Å². The van der Waals surface area contributed by atoms with Gasteiger partial charge in [-0.1, -0.05) is 29.4 Å². The minimum absolute atomic E-state index is 0.149. The summed E-state index contributed by atoms with van der Waals surface area (Å²) in [6, 6.07) is 7.25. The number of carbonyl (C=O) groups excluding carboxylic acids is 1. The molecule has 0 aliphatic carbocycles. The molecule has 1 aromatic carbocycles. The van der Waals surface area contributed by atoms with Gasteiger partial charge in [0.1, 0.15) is 0 Å². The number of carbonyl (C=O) groups is 1. The van der Waals surface area contributed by atoms with Crippen molar-refractivity contribution in [1.29, 1.82) is 0 Å². The van der Waals surface area contributed by atoms with E-state index in [1.165, 1.54) is 0 Å². The monoisotopic (exact) mass is 322 g/mol. The van der Waals surface area contributed by atoms with Crippen LogP contribution in [0.5, 0.6) is 0 Å². The van der Waals surface area contributed by atoms with E-state index in [1.54, 1.807) is 6.92 Å². The number of nitrogens with one attached hydrogen (secondary N) is 1. The van der Waals surface area contributed by atoms with E-state index in [9.17, 15) is 9.90 Å². The van der Waals surface area contributed by atoms with Crippen molar-refractivity contribution in [3.8, 4) is 0 Å². The highest BCUT2D eigenvalue weighted by Gasteiger charge is 2.17. The lowest BCUT2D eigenvalue weighted by Gasteiger charge is -2.18. The largest absolute Gasteiger partial charge is 0.394 e. The number of benzene rings is 1. The number of hydrogen-bond donors (Lipinski definition) is 2. The van der Waals surface area contributed by atoms with Gasteiger partial charge in [0.2, 0.25) is 11.1 Å². The predicted octanol–water partition coefficient (Wildman–Crippen LogP) is 2.73. The van der Waals surface area contributed by atoms with Crippen molar-refractivity contribution in [2.75, 3.05) is 6.61 Å². The maximum Gasteiger partial charge on any atom is 0.229 e. The molecule has 1 amide bonds. The molecule has 5 nitrogen and oxygen atoms in total. The molecule has 2 N–H and O–H groups in total. The third-order valence-corrected chi connectivity index (χ3v) is 3.92. The molecule has 2 rings (SSSR count). The summed E-state index contributed by atoms with van der Waals surface area (Å²) in [6.07, 6.45) is 0.704. The van der Waals surface area contributed by atoms with Crippen LogP contribution in [0.3, 0.4) is 0 Å². The molecular formula is C16H19ClN2O3. The number of hydrogen-bond acceptors (Lipinski definition) is 4. The average molecular weight is 323 g/mol. The summed E-state index contributed by atoms with van der Waals surface area (Å²) in [5, 5.41) is 16.4. The second-order valence-electron chi connectivity index (χ2n) is 5.18. The van der Waals surface area contributed by atoms with Crippen molar-refractivity contribution >= 4 is 17.5 Å². The van der Waals surface area contributed by atoms with Crippen molar-refractivity contribution in [3.05, 3.63) is 51.9 Å². The molecule has 6 heteroatoms. The van der Waals surface area contributed by atoms with Crippen LogP contribution in [0.4, 0.5) is 0 Å². The van der Waals surface area contributed by atoms with Crippen LogP contribution >= 0.6 is 11.6 Å². The fourth-order valence-corrected chi connectivity index (χ4v) is 2.61. The number of aliphatic hydroxyl groups is 1. The second-order valence-corrected chi connectivity index (χ2v) is 5.52. The van der Waals surface area contributed by atoms with E-state index in [0.717, 1.165) is 16.7 Å². The van der Waals surface area contributed by atoms with Crippen molar-refractivity contribution in [3.63, 3.8) is 0 Å². The molecule has 1 unspecified atom stereocenters. The minimum Gasteiger partial charge on any atom is -0.394 e. The molecule has 0 bridgehead atoms. The van der Waals surface area contributed by atoms with Crippen molar-refractivity contribution in [2.24, 2.45) is 0 Å². The summed E-state index contributed by atoms with van der Waals surface area (Å²) in [5.74, 6) is -0.154. The van der Waals surface area contributed by atoms with Gasteiger partial charge in [-0.15, -0.1) is 0 Å². The normalized spacial score (nSPS) is 12.2. The molecule has 0 spiro atoms. The predicted molar refractivity (Wildman–Crippen MR) is 83.7 cm³/mol. The SMILES string of the molecule is Cc1ccccc1C(CO)NC(=O)CCc1c(C)noc1Cl. The van der Waals surface area contributed by atoms with Crippen LogP contribution in [-0.4, -0.2) is 22.8 Å². The number of rotatable bonds is 6. The van der Waals surface area contributed by atoms with Gasteiger partial charge in [0, 0.05) is 12.0 Å². The van der Waals surface area contributed by atoms with Gasteiger partial charge in [-0.25, -0.2) is 0 Å². The molecule has 1 atom stereocenters. The topological polar surface area (TPSA) is 75.4 Å². The highest BCUT2D eigenvalue weighted by atomic mass is 35.5. The summed E-state index contributed by atoms with van der Waals surface area (Å²) >= 11 is 5.88. The summed E-state index contributed by atoms with van der Waals surface area (Å²) in [7, 11) is 0. The van der Waals surface area contributed by atoms with Crippen LogP contribution in [0.2, 0.25) is 5.22 Å². The van der Waals surface area contributed by atoms with Crippen LogP contribution < -0.4 is 5.32 Å². The standard InChI is InChI=1S/C16H19ClN2O3/c1-10-5-3-4-6-12(10)14(9-20)18-15(21)8-7-13-11(2)19-22-16(13)17/h3-6,14,20H,7-9H2,1-2H3,(H,18,21). The third-order valence-electron chi connectivity index (χ3n) is 3.62. The van der Waals surface area contributed by atoms with Gasteiger partial charge in [-0.2, -0.15) is 0 Å². The Morgan fingerprint density at radius 3 is 2.73 bits per heavy atom. The van der Waals surface area contributed by atoms with Crippen LogP contribution in [0.15, 0.2) is 28.8 Å². The molecule has 2 aromatic rings. The first-order chi connectivity index (χ1) is 10.5. The van der Waals surface area contributed by atoms with Crippen LogP contribution in [0.25, 0.3) is 0 Å². The number of aromatic nitrogens is 1. The summed E-state index contributed by atoms with van der Waals surface area (Å²) in [6.45, 7) is 3.58. The zero-order chi connectivity index (χ0) is 16.1. The summed E-state index contributed by atoms with van der Waals surface area (Å²) < 4.78 is 4.86. The fraction of sp³-hybridized carbons (Fsp3) is 0.375. The van der Waals surface area contributed by atoms with E-state index >= 15 is 0 Å². The Bertz CT molecular complexity index is 635. The lowest BCUT2D eigenvalue weighted by molar-refractivity contribution is -0.122. The molecular weight excluding hydrogens is 304 g/mol. The van der Waals surface area contributed by atoms with Gasteiger partial charge in [-0.3, -0.25) is 4.79 Å². The number of halogens is 1. The van der Waals surface area contributed by atoms with Crippen LogP contribution in [0, 0.1) is 13.8 Å². The van der Waals surface area contributed by atoms with Crippen molar-refractivity contribution in [2.45, 2.75) is 32.7 Å². The Labute approximate surface area is 134 Å². The first kappa shape index (κ1) is 16.5. The van der Waals surface area contributed by atoms with E-state index in [4.69, 9.17) is 16.1 Å². The Morgan fingerprint density at radius 1 is 1.41 bits per heavy atom. The average Bonchev–Trinajstić information content (AvgIpc) is 2.82. The molecule has 1 aromatic heterocycles. The zero-order valence-corrected chi connectivity index (χ0v) is 13.4. The highest BCUT2D eigenvalue weighted by molar-refractivity contribution is 6.29. The smallest absolute Gasteiger partial charge is 0.229 e. The van der Waals surface area contributed by atoms with E-state index in [-0.39, 0.29) is 24.2 Å². The zero-order valence-electron chi connectivity index (χ0n) is 12.6. The fourth-order valence-electron chi connectivity index (χ4n) is 2.34. The van der Waals surface area contributed by atoms with E-state index < -0.39 is 6.04 Å². The molecule has 0 fully saturated rings. The maximum absolute atomic E-state index is 12.1. The first-order valence-corrected chi connectivity index (χ1v) is 7.47. The molecule has 1 heterocycles. The maximum atomic E-state index is 12.1. The molecule has 0 saturated heterocycles. The molecule has 0 radical (unpaired) electrons. The van der Waals surface area contributed by atoms with Crippen LogP contribution in [-0.2, 0) is 11.2 Å². The highest BCUT2D eigenvalue weighted by Crippen LogP contribution is 2.21. The lowest BCUT2D eigenvalue weighted by Crippen LogP contribution is -2.31. The number of aliphatic hydroxyl groups excluding tert-OH is 1. The second kappa shape index (κ2) is 7.42. The van der Waals surface area contributed by atoms with Gasteiger partial charge < -0.3 is 14.9 Å². The summed E-state index contributed by atoms with van der Waals surface area (Å²) in [4.78, 5) is 12.1. The Morgan fingerprint density at radius 2 is 2.14 bits per heavy atom. The van der Waals surface area contributed by atoms with Gasteiger partial charge in [0.15, 0.2) is 0 Å². The van der Waals surface area contributed by atoms with Gasteiger partial charge in [0.25, 0.3) is 0 Å². The third kappa shape index (κ3) is 3.87. The van der Waals surface area contributed by atoms with Crippen molar-refractivity contribution in [1.82, 2.24) is 10.5 Å². The van der Waals surface area contributed by atoms with Crippen molar-refractivity contribution < 1.29 is 14.4 Å². The van der Waals surface area contributed by atoms with E-state index in [1.807, 2.05) is 31.2 Å². The van der Waals surface area contributed by atoms with Gasteiger partial charge >= 0.3 is 0 Å². The van der Waals surface area contributed by atoms with E-state index in [0.29, 0.717) is 12.1 Å². The molecule has 0 aliphatic rings. The summed E-state index contributed by atoms with van der Waals surface area (Å²) in [5.41, 5.74) is 3.38. The Kier molecular flexibility index (Phi) is 5.57. The number of nitrogens with zero attached hydrogens (tertiary/aromatic N) is 1. The van der Waals surface area contributed by atoms with E-state index in [2.05, 4.69) is 10.5 Å². The van der Waals surface area contributed by atoms with Crippen LogP contribution in [0.1, 0.15) is 34.8 Å². The van der Waals surface area contributed by atoms with Gasteiger partial charge in [0.05, 0.1) is 18.3 Å². The lowest BCUT2D eigenvalue weighted by atomic mass is 10.0. The molecule has 118 valence electrons. The Hall–Kier alpha value is -1.85.